The van der Waals surface area contributed by atoms with Crippen molar-refractivity contribution in [3.05, 3.63) is 84.0 Å². The highest BCUT2D eigenvalue weighted by Crippen LogP contribution is 2.69. The molecule has 0 N–H and O–H groups in total. The van der Waals surface area contributed by atoms with Crippen LogP contribution in [0, 0.1) is 98.6 Å². The minimum Gasteiger partial charge on any atom is -0.378 e. The number of ether oxygens (including phenoxy) is 2. The van der Waals surface area contributed by atoms with Crippen LogP contribution >= 0.6 is 6.04 Å². The van der Waals surface area contributed by atoms with Gasteiger partial charge in [0.15, 0.2) is 0 Å². The molecule has 6 fully saturated rings. The maximum absolute atomic E-state index is 6.75. The normalized spacial score (nSPS) is 36.1. The SMILES string of the molecule is C.CC(C)CCC[C@@H](C)[C@H]1CC[C@H]2[C@@H]3CC=C4C[C@@H](OCCC(C)C)CC[C@]4(C)[C@H]3CC[C@]12C.CC(C)CCC[C@@H](C)[C@H]1CC[C@H]2[C@@H]3CC=C4C[C@@H](OCCC(C)P(=S)(c5ccccc5)c5ccccc5)CC[C@]4(C)[C@H]3CC[C@]12C.[B]. The van der Waals surface area contributed by atoms with Crippen LogP contribution in [0.25, 0.3) is 0 Å². The smallest absolute Gasteiger partial charge is 0.0612 e. The molecule has 3 radical (unpaired) electrons. The van der Waals surface area contributed by atoms with Crippen molar-refractivity contribution in [3.63, 3.8) is 0 Å². The van der Waals surface area contributed by atoms with E-state index in [0.29, 0.717) is 39.5 Å². The van der Waals surface area contributed by atoms with Crippen molar-refractivity contribution >= 4 is 36.9 Å². The van der Waals surface area contributed by atoms with Gasteiger partial charge in [0.05, 0.1) is 12.2 Å². The summed E-state index contributed by atoms with van der Waals surface area (Å²) in [5.74, 6) is 11.7. The standard InChI is InChI=1S/C43H63OPS.C32H56O.CH4.B/c1-31(2)14-13-15-32(3)39-22-23-40-38-21-20-34-30-35(24-27-42(34,5)41(38)25-28-43(39,40)6)44-29-26-33(4)45(46,36-16-9-7-10-17-36)37-18-11-8-12-19-37;1-22(2)9-8-10-24(5)28-13-14-29-27-12-11-25-21-26(33-20-17-23(3)4)15-18-31(25,6)30(27)16-19-32(28,29)7;;/h7-12,16-20,31-33,35,38-41H,13-15,21-30H2,1-6H3;11,22-24,26-30H,8-10,12-21H2,1-7H3;1H4;/t32-,33?,35+,38+,39-,40+,41+,42+,43-;24-,26+,27+,28-,29+,30+,31+,32-;;/m11../s1. The lowest BCUT2D eigenvalue weighted by Gasteiger charge is -2.58. The fourth-order valence-corrected chi connectivity index (χ4v) is 24.7. The van der Waals surface area contributed by atoms with Crippen molar-refractivity contribution < 1.29 is 9.47 Å². The first kappa shape index (κ1) is 67.1. The quantitative estimate of drug-likeness (QED) is 0.0705. The van der Waals surface area contributed by atoms with E-state index in [4.69, 9.17) is 21.3 Å². The van der Waals surface area contributed by atoms with Gasteiger partial charge < -0.3 is 9.47 Å². The number of benzene rings is 2. The molecule has 0 saturated heterocycles. The van der Waals surface area contributed by atoms with Gasteiger partial charge in [0.2, 0.25) is 0 Å². The topological polar surface area (TPSA) is 18.5 Å². The molecule has 0 aromatic heterocycles. The molecule has 0 bridgehead atoms. The lowest BCUT2D eigenvalue weighted by Crippen LogP contribution is -2.51. The van der Waals surface area contributed by atoms with E-state index in [9.17, 15) is 0 Å². The number of allylic oxidation sites excluding steroid dienone is 2. The van der Waals surface area contributed by atoms with Crippen LogP contribution in [0.4, 0.5) is 0 Å². The molecule has 0 spiro atoms. The molecule has 17 atom stereocenters. The molecule has 2 aromatic carbocycles. The van der Waals surface area contributed by atoms with Crippen LogP contribution in [0.15, 0.2) is 84.0 Å². The van der Waals surface area contributed by atoms with Gasteiger partial charge >= 0.3 is 0 Å². The average molecular weight is 1140 g/mol. The van der Waals surface area contributed by atoms with Crippen molar-refractivity contribution in [2.75, 3.05) is 13.2 Å². The first-order chi connectivity index (χ1) is 37.7. The van der Waals surface area contributed by atoms with E-state index < -0.39 is 6.04 Å². The summed E-state index contributed by atoms with van der Waals surface area (Å²) in [4.78, 5) is 0. The Morgan fingerprint density at radius 2 is 0.877 bits per heavy atom. The second-order valence-corrected chi connectivity index (χ2v) is 36.2. The molecular formula is C76H123BO2PS. The van der Waals surface area contributed by atoms with E-state index in [1.165, 1.54) is 152 Å². The summed E-state index contributed by atoms with van der Waals surface area (Å²) in [7, 11) is 0. The second-order valence-electron chi connectivity index (χ2n) is 31.2. The van der Waals surface area contributed by atoms with Crippen molar-refractivity contribution in [3.8, 4) is 0 Å². The van der Waals surface area contributed by atoms with Crippen LogP contribution in [-0.4, -0.2) is 39.5 Å². The number of hydrogen-bond donors (Lipinski definition) is 0. The van der Waals surface area contributed by atoms with Crippen LogP contribution in [-0.2, 0) is 21.3 Å². The highest BCUT2D eigenvalue weighted by molar-refractivity contribution is 8.22. The zero-order chi connectivity index (χ0) is 56.3. The molecule has 2 nitrogen and oxygen atoms in total. The van der Waals surface area contributed by atoms with E-state index >= 15 is 0 Å². The van der Waals surface area contributed by atoms with Gasteiger partial charge in [-0.05, 0) is 230 Å². The summed E-state index contributed by atoms with van der Waals surface area (Å²) < 4.78 is 13.1. The van der Waals surface area contributed by atoms with Gasteiger partial charge in [-0.1, -0.05) is 232 Å². The van der Waals surface area contributed by atoms with Gasteiger partial charge in [-0.15, -0.1) is 0 Å². The van der Waals surface area contributed by atoms with Crippen LogP contribution in [0.5, 0.6) is 0 Å². The van der Waals surface area contributed by atoms with E-state index in [1.54, 1.807) is 11.1 Å². The highest BCUT2D eigenvalue weighted by Gasteiger charge is 2.61. The minimum absolute atomic E-state index is 0. The van der Waals surface area contributed by atoms with Crippen LogP contribution < -0.4 is 10.6 Å². The molecule has 0 amide bonds. The zero-order valence-corrected chi connectivity index (χ0v) is 55.5. The molecule has 8 aliphatic carbocycles. The molecule has 0 heterocycles. The van der Waals surface area contributed by atoms with Crippen molar-refractivity contribution in [1.29, 1.82) is 0 Å². The third-order valence-corrected chi connectivity index (χ3v) is 31.3. The molecule has 1 unspecified atom stereocenters. The van der Waals surface area contributed by atoms with Gasteiger partial charge in [-0.3, -0.25) is 0 Å². The predicted molar refractivity (Wildman–Crippen MR) is 358 cm³/mol. The number of hydrogen-bond acceptors (Lipinski definition) is 3. The first-order valence-corrected chi connectivity index (χ1v) is 36.9. The highest BCUT2D eigenvalue weighted by atomic mass is 32.4. The lowest BCUT2D eigenvalue weighted by molar-refractivity contribution is -0.0644. The summed E-state index contributed by atoms with van der Waals surface area (Å²) in [6.07, 6.45) is 39.2. The average Bonchev–Trinajstić information content (AvgIpc) is 4.11. The molecule has 2 aromatic rings. The third kappa shape index (κ3) is 14.1. The van der Waals surface area contributed by atoms with E-state index in [1.807, 2.05) is 0 Å². The number of rotatable bonds is 21. The van der Waals surface area contributed by atoms with E-state index in [2.05, 4.69) is 163 Å². The fourth-order valence-electron chi connectivity index (χ4n) is 20.6. The molecular weight excluding hydrogens is 1020 g/mol. The Bertz CT molecular complexity index is 2320. The Hall–Kier alpha value is -1.45. The van der Waals surface area contributed by atoms with Crippen molar-refractivity contribution in [1.82, 2.24) is 0 Å². The van der Waals surface area contributed by atoms with Crippen LogP contribution in [0.2, 0.25) is 0 Å². The minimum atomic E-state index is -1.93. The predicted octanol–water partition coefficient (Wildman–Crippen LogP) is 21.0. The van der Waals surface area contributed by atoms with Crippen LogP contribution in [0.3, 0.4) is 0 Å². The van der Waals surface area contributed by atoms with Gasteiger partial charge in [0.1, 0.15) is 0 Å². The van der Waals surface area contributed by atoms with E-state index in [0.717, 1.165) is 103 Å². The maximum atomic E-state index is 6.75. The molecule has 8 aliphatic rings. The summed E-state index contributed by atoms with van der Waals surface area (Å²) in [6, 6.07) is 19.9. The second kappa shape index (κ2) is 28.6. The molecule has 5 heteroatoms. The van der Waals surface area contributed by atoms with Gasteiger partial charge in [-0.2, -0.15) is 0 Å². The van der Waals surface area contributed by atoms with Crippen LogP contribution in [0.1, 0.15) is 252 Å². The van der Waals surface area contributed by atoms with Crippen molar-refractivity contribution in [2.24, 2.45) is 98.6 Å². The third-order valence-electron chi connectivity index (χ3n) is 25.4. The summed E-state index contributed by atoms with van der Waals surface area (Å²) in [6.45, 7) is 34.3. The Labute approximate surface area is 508 Å². The van der Waals surface area contributed by atoms with Crippen molar-refractivity contribution in [2.45, 2.75) is 269 Å². The van der Waals surface area contributed by atoms with E-state index in [-0.39, 0.29) is 15.8 Å². The first-order valence-electron chi connectivity index (χ1n) is 34.0. The summed E-state index contributed by atoms with van der Waals surface area (Å²) >= 11 is 6.61. The fraction of sp³-hybridized carbons (Fsp3) is 0.789. The Balaban J connectivity index is 0.000000240. The molecule has 6 saturated carbocycles. The summed E-state index contributed by atoms with van der Waals surface area (Å²) in [5.41, 5.74) is 5.96. The van der Waals surface area contributed by atoms with Gasteiger partial charge in [-0.25, -0.2) is 0 Å². The molecule has 0 aliphatic heterocycles. The van der Waals surface area contributed by atoms with Gasteiger partial charge in [0, 0.05) is 27.7 Å². The summed E-state index contributed by atoms with van der Waals surface area (Å²) in [5, 5.41) is 2.66. The Morgan fingerprint density at radius 3 is 1.27 bits per heavy atom. The monoisotopic (exact) mass is 1140 g/mol. The maximum Gasteiger partial charge on any atom is 0.0612 e. The Morgan fingerprint density at radius 1 is 0.481 bits per heavy atom. The molecule has 10 rings (SSSR count). The lowest BCUT2D eigenvalue weighted by atomic mass is 9.47. The molecule has 81 heavy (non-hydrogen) atoms. The van der Waals surface area contributed by atoms with Gasteiger partial charge in [0.25, 0.3) is 0 Å². The largest absolute Gasteiger partial charge is 0.378 e. The zero-order valence-electron chi connectivity index (χ0n) is 53.8. The Kier molecular flexibility index (Phi) is 23.7. The number of fused-ring (bicyclic) bond motifs is 10. The molecule has 453 valence electrons.